The summed E-state index contributed by atoms with van der Waals surface area (Å²) in [5.41, 5.74) is -0.391. The van der Waals surface area contributed by atoms with E-state index in [2.05, 4.69) is 25.1 Å². The van der Waals surface area contributed by atoms with E-state index < -0.39 is 17.6 Å². The van der Waals surface area contributed by atoms with Crippen molar-refractivity contribution in [2.75, 3.05) is 23.8 Å². The monoisotopic (exact) mass is 269 g/mol. The van der Waals surface area contributed by atoms with Crippen molar-refractivity contribution in [1.29, 1.82) is 0 Å². The number of H-pyrrole nitrogens is 1. The molecule has 0 unspecified atom stereocenters. The maximum atomic E-state index is 11.4. The molecule has 19 heavy (non-hydrogen) atoms. The summed E-state index contributed by atoms with van der Waals surface area (Å²) in [6.07, 6.45) is -1.40. The lowest BCUT2D eigenvalue weighted by molar-refractivity contribution is 0.167. The lowest BCUT2D eigenvalue weighted by Gasteiger charge is -2.08. The van der Waals surface area contributed by atoms with Crippen molar-refractivity contribution in [2.24, 2.45) is 0 Å². The van der Waals surface area contributed by atoms with E-state index in [-0.39, 0.29) is 24.8 Å². The number of ether oxygens (including phenoxy) is 2. The summed E-state index contributed by atoms with van der Waals surface area (Å²) in [4.78, 5) is 36.4. The Morgan fingerprint density at radius 1 is 1.05 bits per heavy atom. The molecule has 8 nitrogen and oxygen atoms in total. The van der Waals surface area contributed by atoms with E-state index in [1.54, 1.807) is 13.8 Å². The highest BCUT2D eigenvalue weighted by Crippen LogP contribution is 2.06. The normalized spacial score (nSPS) is 9.58. The van der Waals surface area contributed by atoms with Crippen molar-refractivity contribution in [3.8, 4) is 0 Å². The van der Waals surface area contributed by atoms with Crippen molar-refractivity contribution in [1.82, 2.24) is 4.98 Å². The van der Waals surface area contributed by atoms with Gasteiger partial charge in [0.25, 0.3) is 0 Å². The molecule has 0 spiro atoms. The molecule has 0 bridgehead atoms. The number of pyridine rings is 1. The lowest BCUT2D eigenvalue weighted by Crippen LogP contribution is -2.19. The van der Waals surface area contributed by atoms with Gasteiger partial charge in [-0.25, -0.2) is 9.59 Å². The van der Waals surface area contributed by atoms with Gasteiger partial charge in [-0.05, 0) is 13.8 Å². The second-order valence-corrected chi connectivity index (χ2v) is 3.33. The van der Waals surface area contributed by atoms with Crippen LogP contribution in [0.25, 0.3) is 0 Å². The lowest BCUT2D eigenvalue weighted by atomic mass is 10.4. The largest absolute Gasteiger partial charge is 0.450 e. The molecule has 0 aliphatic rings. The summed E-state index contributed by atoms with van der Waals surface area (Å²) >= 11 is 0. The number of amides is 2. The Labute approximate surface area is 109 Å². The van der Waals surface area contributed by atoms with Crippen LogP contribution in [-0.2, 0) is 9.47 Å². The minimum Gasteiger partial charge on any atom is -0.450 e. The van der Waals surface area contributed by atoms with Crippen LogP contribution in [-0.4, -0.2) is 30.4 Å². The maximum Gasteiger partial charge on any atom is 0.412 e. The second-order valence-electron chi connectivity index (χ2n) is 3.33. The van der Waals surface area contributed by atoms with E-state index in [9.17, 15) is 14.4 Å². The first-order valence-electron chi connectivity index (χ1n) is 5.67. The molecule has 104 valence electrons. The van der Waals surface area contributed by atoms with E-state index in [0.717, 1.165) is 12.1 Å². The average molecular weight is 269 g/mol. The fraction of sp³-hybridized carbons (Fsp3) is 0.364. The zero-order valence-electron chi connectivity index (χ0n) is 10.6. The number of carbonyl (C=O) groups excluding carboxylic acids is 2. The third-order valence-corrected chi connectivity index (χ3v) is 1.87. The minimum atomic E-state index is -0.702. The summed E-state index contributed by atoms with van der Waals surface area (Å²) in [5, 5.41) is 4.64. The average Bonchev–Trinajstić information content (AvgIpc) is 2.28. The Hall–Kier alpha value is -2.51. The fourth-order valence-corrected chi connectivity index (χ4v) is 1.23. The summed E-state index contributed by atoms with van der Waals surface area (Å²) in [6.45, 7) is 3.72. The number of anilines is 2. The fourth-order valence-electron chi connectivity index (χ4n) is 1.23. The van der Waals surface area contributed by atoms with Gasteiger partial charge in [-0.3, -0.25) is 15.4 Å². The Balaban J connectivity index is 2.79. The second kappa shape index (κ2) is 7.04. The van der Waals surface area contributed by atoms with Crippen molar-refractivity contribution < 1.29 is 19.1 Å². The summed E-state index contributed by atoms with van der Waals surface area (Å²) in [5.74, 6) is 0.218. The van der Waals surface area contributed by atoms with Gasteiger partial charge in [-0.1, -0.05) is 0 Å². The first-order chi connectivity index (χ1) is 9.05. The molecule has 2 amide bonds. The number of nitrogens with one attached hydrogen (secondary N) is 3. The summed E-state index contributed by atoms with van der Waals surface area (Å²) < 4.78 is 9.32. The molecule has 0 aromatic carbocycles. The van der Waals surface area contributed by atoms with E-state index >= 15 is 0 Å². The molecule has 1 rings (SSSR count). The van der Waals surface area contributed by atoms with E-state index in [4.69, 9.17) is 0 Å². The van der Waals surface area contributed by atoms with Crippen LogP contribution in [0.15, 0.2) is 16.9 Å². The predicted octanol–water partition coefficient (Wildman–Crippen LogP) is 1.51. The van der Waals surface area contributed by atoms with Crippen molar-refractivity contribution in [2.45, 2.75) is 13.8 Å². The molecule has 0 atom stereocenters. The molecule has 1 aromatic heterocycles. The molecule has 0 saturated heterocycles. The van der Waals surface area contributed by atoms with E-state index in [0.29, 0.717) is 0 Å². The van der Waals surface area contributed by atoms with Gasteiger partial charge >= 0.3 is 12.2 Å². The highest BCUT2D eigenvalue weighted by molar-refractivity contribution is 5.85. The van der Waals surface area contributed by atoms with Crippen LogP contribution in [0.2, 0.25) is 0 Å². The molecule has 1 heterocycles. The molecule has 0 radical (unpaired) electrons. The molecular weight excluding hydrogens is 254 g/mol. The molecule has 1 aromatic rings. The number of aromatic nitrogens is 1. The Morgan fingerprint density at radius 3 is 1.84 bits per heavy atom. The summed E-state index contributed by atoms with van der Waals surface area (Å²) in [7, 11) is 0. The van der Waals surface area contributed by atoms with Crippen LogP contribution >= 0.6 is 0 Å². The van der Waals surface area contributed by atoms with Crippen LogP contribution in [0.4, 0.5) is 21.2 Å². The predicted molar refractivity (Wildman–Crippen MR) is 68.4 cm³/mol. The topological polar surface area (TPSA) is 110 Å². The first kappa shape index (κ1) is 14.6. The van der Waals surface area contributed by atoms with E-state index in [1.165, 1.54) is 0 Å². The highest BCUT2D eigenvalue weighted by atomic mass is 16.6. The van der Waals surface area contributed by atoms with Gasteiger partial charge in [-0.15, -0.1) is 0 Å². The zero-order valence-corrected chi connectivity index (χ0v) is 10.6. The molecule has 0 saturated carbocycles. The Kier molecular flexibility index (Phi) is 5.39. The summed E-state index contributed by atoms with van der Waals surface area (Å²) in [6, 6.07) is 2.32. The number of rotatable bonds is 4. The Morgan fingerprint density at radius 2 is 1.47 bits per heavy atom. The number of aromatic amines is 1. The molecule has 0 aliphatic heterocycles. The van der Waals surface area contributed by atoms with Gasteiger partial charge in [0.15, 0.2) is 5.43 Å². The van der Waals surface area contributed by atoms with Crippen LogP contribution < -0.4 is 16.1 Å². The molecule has 0 fully saturated rings. The van der Waals surface area contributed by atoms with Gasteiger partial charge in [0.05, 0.1) is 13.2 Å². The van der Waals surface area contributed by atoms with Gasteiger partial charge in [0, 0.05) is 12.1 Å². The van der Waals surface area contributed by atoms with Crippen LogP contribution in [0, 0.1) is 0 Å². The molecular formula is C11H15N3O5. The van der Waals surface area contributed by atoms with Crippen LogP contribution in [0.1, 0.15) is 13.8 Å². The molecule has 3 N–H and O–H groups in total. The number of hydrogen-bond donors (Lipinski definition) is 3. The third-order valence-electron chi connectivity index (χ3n) is 1.87. The zero-order chi connectivity index (χ0) is 14.3. The van der Waals surface area contributed by atoms with Gasteiger partial charge in [0.2, 0.25) is 0 Å². The van der Waals surface area contributed by atoms with Crippen molar-refractivity contribution in [3.05, 3.63) is 22.4 Å². The highest BCUT2D eigenvalue weighted by Gasteiger charge is 2.07. The number of carbonyl (C=O) groups is 2. The standard InChI is InChI=1S/C11H15N3O5/c1-3-18-10(16)13-8-5-7(15)6-9(12-8)14-11(17)19-4-2/h5-6H,3-4H2,1-2H3,(H3,12,13,14,15,16,17). The Bertz CT molecular complexity index is 470. The molecule has 8 heteroatoms. The number of hydrogen-bond acceptors (Lipinski definition) is 5. The van der Waals surface area contributed by atoms with Gasteiger partial charge in [-0.2, -0.15) is 0 Å². The minimum absolute atomic E-state index is 0.109. The van der Waals surface area contributed by atoms with Crippen molar-refractivity contribution >= 4 is 23.8 Å². The van der Waals surface area contributed by atoms with Crippen molar-refractivity contribution in [3.63, 3.8) is 0 Å². The SMILES string of the molecule is CCOC(=O)Nc1cc(=O)cc(NC(=O)OCC)[nH]1. The van der Waals surface area contributed by atoms with Crippen LogP contribution in [0.3, 0.4) is 0 Å². The quantitative estimate of drug-likeness (QED) is 0.767. The molecule has 0 aliphatic carbocycles. The smallest absolute Gasteiger partial charge is 0.412 e. The van der Waals surface area contributed by atoms with E-state index in [1.807, 2.05) is 0 Å². The van der Waals surface area contributed by atoms with Gasteiger partial charge < -0.3 is 14.5 Å². The van der Waals surface area contributed by atoms with Crippen LogP contribution in [0.5, 0.6) is 0 Å². The van der Waals surface area contributed by atoms with Gasteiger partial charge in [0.1, 0.15) is 11.6 Å². The maximum absolute atomic E-state index is 11.4. The first-order valence-corrected chi connectivity index (χ1v) is 5.67. The third kappa shape index (κ3) is 5.11.